The molecular weight excluding hydrogens is 238 g/mol. The van der Waals surface area contributed by atoms with E-state index in [0.29, 0.717) is 5.56 Å². The van der Waals surface area contributed by atoms with E-state index in [1.165, 1.54) is 36.4 Å². The summed E-state index contributed by atoms with van der Waals surface area (Å²) >= 11 is 0. The van der Waals surface area contributed by atoms with Crippen molar-refractivity contribution < 1.29 is 19.2 Å². The summed E-state index contributed by atoms with van der Waals surface area (Å²) in [6.45, 7) is 0. The lowest BCUT2D eigenvalue weighted by Gasteiger charge is -1.93. The zero-order chi connectivity index (χ0) is 13.5. The van der Waals surface area contributed by atoms with Gasteiger partial charge in [-0.05, 0) is 23.8 Å². The van der Waals surface area contributed by atoms with Gasteiger partial charge in [-0.2, -0.15) is 4.79 Å². The number of nitro benzene ring substituents is 1. The molecule has 0 heterocycles. The van der Waals surface area contributed by atoms with Crippen LogP contribution in [0, 0.1) is 10.1 Å². The molecule has 0 amide bonds. The summed E-state index contributed by atoms with van der Waals surface area (Å²) in [5, 5.41) is 10.4. The number of hydrogen-bond donors (Lipinski definition) is 0. The molecule has 0 saturated heterocycles. The molecule has 0 radical (unpaired) electrons. The van der Waals surface area contributed by atoms with Gasteiger partial charge in [0.25, 0.3) is 5.69 Å². The summed E-state index contributed by atoms with van der Waals surface area (Å²) < 4.78 is 4.37. The average Bonchev–Trinajstić information content (AvgIpc) is 2.39. The number of esters is 1. The Balaban J connectivity index is 2.87. The van der Waals surface area contributed by atoms with E-state index in [1.54, 1.807) is 0 Å². The van der Waals surface area contributed by atoms with Gasteiger partial charge < -0.3 is 10.3 Å². The maximum atomic E-state index is 11.1. The third-order valence-corrected chi connectivity index (χ3v) is 2.04. The largest absolute Gasteiger partial charge is 0.460 e. The van der Waals surface area contributed by atoms with Crippen LogP contribution in [0.5, 0.6) is 0 Å². The lowest BCUT2D eigenvalue weighted by atomic mass is 10.2. The molecule has 1 rings (SSSR count). The van der Waals surface area contributed by atoms with Gasteiger partial charge >= 0.3 is 11.7 Å². The molecule has 0 spiro atoms. The molecule has 7 nitrogen and oxygen atoms in total. The average molecular weight is 247 g/mol. The number of ether oxygens (including phenoxy) is 1. The topological polar surface area (TPSA) is 106 Å². The highest BCUT2D eigenvalue weighted by Crippen LogP contribution is 2.12. The zero-order valence-corrected chi connectivity index (χ0v) is 9.44. The van der Waals surface area contributed by atoms with Crippen LogP contribution in [0.3, 0.4) is 0 Å². The van der Waals surface area contributed by atoms with Crippen molar-refractivity contribution in [3.63, 3.8) is 0 Å². The van der Waals surface area contributed by atoms with Gasteiger partial charge in [0.15, 0.2) is 0 Å². The minimum absolute atomic E-state index is 0.0313. The maximum Gasteiger partial charge on any atom is 0.421 e. The number of carbonyl (C=O) groups excluding carboxylic acids is 1. The molecule has 92 valence electrons. The fourth-order valence-electron chi connectivity index (χ4n) is 1.13. The smallest absolute Gasteiger partial charge is 0.421 e. The van der Waals surface area contributed by atoms with Gasteiger partial charge in [0, 0.05) is 18.2 Å². The number of carbonyl (C=O) groups is 1. The first kappa shape index (κ1) is 13.3. The Hall–Kier alpha value is -2.79. The molecular formula is C11H9N3O4. The first-order chi connectivity index (χ1) is 8.58. The third kappa shape index (κ3) is 3.36. The highest BCUT2D eigenvalue weighted by molar-refractivity contribution is 6.39. The lowest BCUT2D eigenvalue weighted by molar-refractivity contribution is -0.384. The fraction of sp³-hybridized carbons (Fsp3) is 0.0909. The van der Waals surface area contributed by atoms with E-state index in [2.05, 4.69) is 9.53 Å². The number of benzene rings is 1. The normalized spacial score (nSPS) is 9.83. The Labute approximate surface area is 102 Å². The van der Waals surface area contributed by atoms with Crippen molar-refractivity contribution in [1.29, 1.82) is 0 Å². The van der Waals surface area contributed by atoms with Gasteiger partial charge in [0.1, 0.15) is 0 Å². The lowest BCUT2D eigenvalue weighted by Crippen LogP contribution is -2.13. The van der Waals surface area contributed by atoms with E-state index in [9.17, 15) is 14.9 Å². The first-order valence-corrected chi connectivity index (χ1v) is 4.81. The molecule has 0 aliphatic rings. The summed E-state index contributed by atoms with van der Waals surface area (Å²) in [5.41, 5.74) is 8.89. The predicted octanol–water partition coefficient (Wildman–Crippen LogP) is 1.45. The van der Waals surface area contributed by atoms with Crippen LogP contribution in [0.2, 0.25) is 0 Å². The molecule has 0 saturated carbocycles. The molecule has 0 N–H and O–H groups in total. The van der Waals surface area contributed by atoms with Crippen molar-refractivity contribution >= 4 is 23.4 Å². The second-order valence-electron chi connectivity index (χ2n) is 3.16. The van der Waals surface area contributed by atoms with Crippen molar-refractivity contribution in [3.8, 4) is 0 Å². The second kappa shape index (κ2) is 6.07. The van der Waals surface area contributed by atoms with Gasteiger partial charge in [-0.1, -0.05) is 0 Å². The van der Waals surface area contributed by atoms with Crippen molar-refractivity contribution in [1.82, 2.24) is 0 Å². The second-order valence-corrected chi connectivity index (χ2v) is 3.16. The van der Waals surface area contributed by atoms with Gasteiger partial charge in [0.2, 0.25) is 0 Å². The number of rotatable bonds is 4. The van der Waals surface area contributed by atoms with Crippen molar-refractivity contribution in [2.75, 3.05) is 7.11 Å². The molecule has 0 unspecified atom stereocenters. The number of hydrogen-bond acceptors (Lipinski definition) is 4. The highest BCUT2D eigenvalue weighted by atomic mass is 16.6. The first-order valence-electron chi connectivity index (χ1n) is 4.81. The van der Waals surface area contributed by atoms with Gasteiger partial charge in [-0.25, -0.2) is 4.79 Å². The number of nitro groups is 1. The van der Waals surface area contributed by atoms with Crippen molar-refractivity contribution in [3.05, 3.63) is 51.6 Å². The molecule has 7 heteroatoms. The van der Waals surface area contributed by atoms with Crippen molar-refractivity contribution in [2.45, 2.75) is 0 Å². The van der Waals surface area contributed by atoms with Crippen LogP contribution in [0.1, 0.15) is 5.56 Å². The minimum Gasteiger partial charge on any atom is -0.460 e. The summed E-state index contributed by atoms with van der Waals surface area (Å²) in [6.07, 6.45) is 2.71. The van der Waals surface area contributed by atoms with E-state index in [-0.39, 0.29) is 11.4 Å². The Morgan fingerprint density at radius 3 is 2.50 bits per heavy atom. The molecule has 0 aliphatic heterocycles. The highest BCUT2D eigenvalue weighted by Gasteiger charge is 2.16. The van der Waals surface area contributed by atoms with Crippen LogP contribution < -0.4 is 0 Å². The number of nitrogens with zero attached hydrogens (tertiary/aromatic N) is 3. The molecule has 0 atom stereocenters. The van der Waals surface area contributed by atoms with E-state index in [0.717, 1.165) is 7.11 Å². The van der Waals surface area contributed by atoms with Crippen LogP contribution in [0.15, 0.2) is 30.3 Å². The molecule has 1 aromatic carbocycles. The van der Waals surface area contributed by atoms with E-state index >= 15 is 0 Å². The molecule has 0 bridgehead atoms. The Morgan fingerprint density at radius 2 is 2.06 bits per heavy atom. The summed E-state index contributed by atoms with van der Waals surface area (Å²) in [7, 11) is 1.16. The minimum atomic E-state index is -0.782. The Bertz CT molecular complexity index is 542. The molecule has 0 fully saturated rings. The summed E-state index contributed by atoms with van der Waals surface area (Å²) in [5.74, 6) is -0.782. The maximum absolute atomic E-state index is 11.1. The molecule has 18 heavy (non-hydrogen) atoms. The van der Waals surface area contributed by atoms with E-state index < -0.39 is 10.9 Å². The van der Waals surface area contributed by atoms with Gasteiger partial charge in [0.05, 0.1) is 12.0 Å². The van der Waals surface area contributed by atoms with Crippen LogP contribution in [0.4, 0.5) is 5.69 Å². The summed E-state index contributed by atoms with van der Waals surface area (Å²) in [4.78, 5) is 23.7. The molecule has 0 aromatic heterocycles. The van der Waals surface area contributed by atoms with Crippen LogP contribution in [-0.4, -0.2) is 28.5 Å². The number of methoxy groups -OCH3 is 1. The Morgan fingerprint density at radius 1 is 1.44 bits per heavy atom. The van der Waals surface area contributed by atoms with Crippen molar-refractivity contribution in [2.24, 2.45) is 0 Å². The number of non-ortho nitro benzene ring substituents is 1. The predicted molar refractivity (Wildman–Crippen MR) is 62.8 cm³/mol. The fourth-order valence-corrected chi connectivity index (χ4v) is 1.13. The van der Waals surface area contributed by atoms with Gasteiger partial charge in [-0.15, -0.1) is 0 Å². The van der Waals surface area contributed by atoms with Crippen LogP contribution in [-0.2, 0) is 9.53 Å². The standard InChI is InChI=1S/C11H9N3O4/c1-18-11(15)10(13-12)7-4-8-2-5-9(6-3-8)14(16)17/h2-7H,1H3/b7-4+. The van der Waals surface area contributed by atoms with E-state index in [4.69, 9.17) is 5.53 Å². The van der Waals surface area contributed by atoms with E-state index in [1.807, 2.05) is 0 Å². The third-order valence-electron chi connectivity index (χ3n) is 2.04. The summed E-state index contributed by atoms with van der Waals surface area (Å²) in [6, 6.07) is 5.66. The zero-order valence-electron chi connectivity index (χ0n) is 9.44. The SMILES string of the molecule is COC(=O)C(/C=C/c1ccc([N+](=O)[O-])cc1)=[N+]=[N-]. The Kier molecular flexibility index (Phi) is 4.48. The van der Waals surface area contributed by atoms with Crippen LogP contribution in [0.25, 0.3) is 11.6 Å². The quantitative estimate of drug-likeness (QED) is 0.200. The monoisotopic (exact) mass is 247 g/mol. The van der Waals surface area contributed by atoms with Gasteiger partial charge in [-0.3, -0.25) is 10.1 Å². The van der Waals surface area contributed by atoms with Crippen LogP contribution >= 0.6 is 0 Å². The molecule has 1 aromatic rings. The molecule has 0 aliphatic carbocycles.